The Labute approximate surface area is 214 Å². The van der Waals surface area contributed by atoms with Gasteiger partial charge in [0, 0.05) is 21.9 Å². The minimum Gasteiger partial charge on any atom is -0.507 e. The number of para-hydroxylation sites is 1. The van der Waals surface area contributed by atoms with Crippen molar-refractivity contribution in [3.8, 4) is 22.6 Å². The zero-order chi connectivity index (χ0) is 27.1. The van der Waals surface area contributed by atoms with E-state index in [2.05, 4.69) is 14.6 Å². The summed E-state index contributed by atoms with van der Waals surface area (Å²) >= 11 is 0. The van der Waals surface area contributed by atoms with E-state index >= 15 is 0 Å². The van der Waals surface area contributed by atoms with Crippen molar-refractivity contribution in [1.29, 1.82) is 0 Å². The fourth-order valence-corrected chi connectivity index (χ4v) is 5.56. The number of phenolic OH excluding ortho intramolecular Hbond substituents is 1. The molecule has 0 aliphatic carbocycles. The van der Waals surface area contributed by atoms with E-state index in [-0.39, 0.29) is 39.0 Å². The van der Waals surface area contributed by atoms with Crippen LogP contribution in [0.25, 0.3) is 32.7 Å². The summed E-state index contributed by atoms with van der Waals surface area (Å²) in [4.78, 5) is 11.3. The van der Waals surface area contributed by atoms with Crippen molar-refractivity contribution in [3.63, 3.8) is 0 Å². The van der Waals surface area contributed by atoms with Crippen LogP contribution in [0, 0.1) is 4.91 Å². The van der Waals surface area contributed by atoms with Crippen LogP contribution in [0.3, 0.4) is 0 Å². The van der Waals surface area contributed by atoms with Crippen LogP contribution in [0.2, 0.25) is 0 Å². The number of sulfonamides is 1. The average molecular weight is 539 g/mol. The maximum atomic E-state index is 13.3. The highest BCUT2D eigenvalue weighted by atomic mass is 32.2. The highest BCUT2D eigenvalue weighted by Gasteiger charge is 2.34. The summed E-state index contributed by atoms with van der Waals surface area (Å²) in [5.41, 5.74) is 0.281. The first kappa shape index (κ1) is 25.0. The van der Waals surface area contributed by atoms with Gasteiger partial charge in [-0.15, -0.1) is 18.1 Å². The highest BCUT2D eigenvalue weighted by Crippen LogP contribution is 2.47. The van der Waals surface area contributed by atoms with E-state index in [4.69, 9.17) is 0 Å². The molecule has 0 aliphatic rings. The molecule has 2 N–H and O–H groups in total. The normalized spacial score (nSPS) is 12.0. The number of halogens is 3. The third kappa shape index (κ3) is 4.59. The summed E-state index contributed by atoms with van der Waals surface area (Å²) in [6, 6.07) is 22.1. The number of fused-ring (bicyclic) bond motifs is 2. The maximum Gasteiger partial charge on any atom is 0.573 e. The molecule has 38 heavy (non-hydrogen) atoms. The largest absolute Gasteiger partial charge is 0.573 e. The predicted molar refractivity (Wildman–Crippen MR) is 138 cm³/mol. The van der Waals surface area contributed by atoms with E-state index in [0.717, 1.165) is 17.5 Å². The van der Waals surface area contributed by atoms with Crippen molar-refractivity contribution >= 4 is 42.9 Å². The van der Waals surface area contributed by atoms with Crippen molar-refractivity contribution in [2.45, 2.75) is 11.3 Å². The molecule has 0 amide bonds. The lowest BCUT2D eigenvalue weighted by Gasteiger charge is -2.18. The average Bonchev–Trinajstić information content (AvgIpc) is 2.87. The summed E-state index contributed by atoms with van der Waals surface area (Å²) in [7, 11) is -4.63. The van der Waals surface area contributed by atoms with Crippen molar-refractivity contribution < 1.29 is 31.4 Å². The van der Waals surface area contributed by atoms with Gasteiger partial charge in [0.25, 0.3) is 10.0 Å². The zero-order valence-electron chi connectivity index (χ0n) is 19.2. The van der Waals surface area contributed by atoms with Gasteiger partial charge < -0.3 is 9.84 Å². The molecule has 5 aromatic rings. The maximum absolute atomic E-state index is 13.3. The van der Waals surface area contributed by atoms with Gasteiger partial charge in [-0.25, -0.2) is 8.42 Å². The van der Waals surface area contributed by atoms with Gasteiger partial charge in [-0.2, -0.15) is 0 Å². The molecule has 0 aromatic heterocycles. The molecule has 0 unspecified atom stereocenters. The fraction of sp³-hybridized carbons (Fsp3) is 0.0370. The molecule has 5 aromatic carbocycles. The van der Waals surface area contributed by atoms with Crippen LogP contribution < -0.4 is 9.46 Å². The van der Waals surface area contributed by atoms with Crippen LogP contribution in [-0.2, 0) is 10.0 Å². The lowest BCUT2D eigenvalue weighted by atomic mass is 9.93. The Morgan fingerprint density at radius 2 is 1.45 bits per heavy atom. The van der Waals surface area contributed by atoms with Crippen molar-refractivity contribution in [3.05, 3.63) is 95.9 Å². The van der Waals surface area contributed by atoms with E-state index in [0.29, 0.717) is 5.39 Å². The van der Waals surface area contributed by atoms with Gasteiger partial charge in [0.05, 0.1) is 5.69 Å². The number of nitrogens with zero attached hydrogens (tertiary/aromatic N) is 1. The summed E-state index contributed by atoms with van der Waals surface area (Å²) in [6.07, 6.45) is -5.12. The molecule has 0 saturated carbocycles. The number of nitrogens with one attached hydrogen (secondary N) is 1. The number of nitroso groups, excluding NO2 is 1. The monoisotopic (exact) mass is 538 g/mol. The van der Waals surface area contributed by atoms with E-state index in [9.17, 15) is 31.6 Å². The number of aromatic hydroxyl groups is 1. The fourth-order valence-electron chi connectivity index (χ4n) is 4.36. The second-order valence-electron chi connectivity index (χ2n) is 8.24. The van der Waals surface area contributed by atoms with E-state index in [1.165, 1.54) is 30.3 Å². The molecule has 11 heteroatoms. The molecule has 0 spiro atoms. The number of hydrogen-bond donors (Lipinski definition) is 2. The lowest BCUT2D eigenvalue weighted by molar-refractivity contribution is -0.275. The number of hydrogen-bond acceptors (Lipinski definition) is 6. The number of phenols is 1. The molecule has 0 aliphatic heterocycles. The minimum atomic E-state index is -5.12. The summed E-state index contributed by atoms with van der Waals surface area (Å²) < 4.78 is 71.7. The second-order valence-corrected chi connectivity index (χ2v) is 9.89. The van der Waals surface area contributed by atoms with Crippen LogP contribution in [0.5, 0.6) is 11.5 Å². The Morgan fingerprint density at radius 3 is 2.16 bits per heavy atom. The third-order valence-corrected chi connectivity index (χ3v) is 7.30. The van der Waals surface area contributed by atoms with Crippen LogP contribution in [0.15, 0.2) is 101 Å². The Balaban J connectivity index is 1.75. The number of benzene rings is 5. The molecule has 192 valence electrons. The van der Waals surface area contributed by atoms with Crippen molar-refractivity contribution in [2.75, 3.05) is 4.72 Å². The molecule has 0 bridgehead atoms. The van der Waals surface area contributed by atoms with Gasteiger partial charge in [0.15, 0.2) is 0 Å². The van der Waals surface area contributed by atoms with E-state index in [1.54, 1.807) is 48.5 Å². The SMILES string of the molecule is O=Nc1c(-c2c(O)ccc3ccccc23)cc(NS(=O)(=O)c2ccccc2OC(F)(F)F)c2ccccc12. The Kier molecular flexibility index (Phi) is 6.15. The topological polar surface area (TPSA) is 105 Å². The first-order chi connectivity index (χ1) is 18.1. The molecule has 5 rings (SSSR count). The number of rotatable bonds is 6. The van der Waals surface area contributed by atoms with Crippen molar-refractivity contribution in [1.82, 2.24) is 0 Å². The summed E-state index contributed by atoms with van der Waals surface area (Å²) in [5, 5.41) is 15.8. The summed E-state index contributed by atoms with van der Waals surface area (Å²) in [5.74, 6) is -1.09. The summed E-state index contributed by atoms with van der Waals surface area (Å²) in [6.45, 7) is 0. The van der Waals surface area contributed by atoms with E-state index in [1.807, 2.05) is 0 Å². The van der Waals surface area contributed by atoms with Crippen molar-refractivity contribution in [2.24, 2.45) is 5.18 Å². The zero-order valence-corrected chi connectivity index (χ0v) is 20.0. The van der Waals surface area contributed by atoms with Crippen LogP contribution in [-0.4, -0.2) is 19.9 Å². The van der Waals surface area contributed by atoms with Gasteiger partial charge >= 0.3 is 6.36 Å². The first-order valence-corrected chi connectivity index (χ1v) is 12.5. The number of ether oxygens (including phenoxy) is 1. The molecular formula is C27H17F3N2O5S. The van der Waals surface area contributed by atoms with Crippen LogP contribution >= 0.6 is 0 Å². The Bertz CT molecular complexity index is 1820. The Morgan fingerprint density at radius 1 is 0.816 bits per heavy atom. The van der Waals surface area contributed by atoms with E-state index < -0.39 is 27.0 Å². The highest BCUT2D eigenvalue weighted by molar-refractivity contribution is 7.92. The molecule has 0 fully saturated rings. The minimum absolute atomic E-state index is 0.0443. The second kappa shape index (κ2) is 9.34. The molecule has 0 atom stereocenters. The third-order valence-electron chi connectivity index (χ3n) is 5.89. The number of anilines is 1. The van der Waals surface area contributed by atoms with Crippen LogP contribution in [0.4, 0.5) is 24.5 Å². The van der Waals surface area contributed by atoms with Gasteiger partial charge in [-0.1, -0.05) is 66.7 Å². The van der Waals surface area contributed by atoms with Crippen LogP contribution in [0.1, 0.15) is 0 Å². The quantitative estimate of drug-likeness (QED) is 0.218. The Hall–Kier alpha value is -4.64. The van der Waals surface area contributed by atoms with Gasteiger partial charge in [0.2, 0.25) is 0 Å². The molecular weight excluding hydrogens is 521 g/mol. The molecule has 0 heterocycles. The first-order valence-electron chi connectivity index (χ1n) is 11.1. The van der Waals surface area contributed by atoms with Gasteiger partial charge in [-0.05, 0) is 40.2 Å². The van der Waals surface area contributed by atoms with Gasteiger partial charge in [0.1, 0.15) is 22.1 Å². The lowest BCUT2D eigenvalue weighted by Crippen LogP contribution is -2.21. The molecule has 0 radical (unpaired) electrons. The molecule has 0 saturated heterocycles. The standard InChI is InChI=1S/C27H17F3N2O5S/c28-27(29,30)37-23-11-5-6-12-24(23)38(35,36)32-21-15-20(26(31-34)19-10-4-3-9-18(19)21)25-17-8-2-1-7-16(17)13-14-22(25)33/h1-15,32-33H. The predicted octanol–water partition coefficient (Wildman–Crippen LogP) is 7.46. The molecule has 7 nitrogen and oxygen atoms in total. The smallest absolute Gasteiger partial charge is 0.507 e. The van der Waals surface area contributed by atoms with Gasteiger partial charge in [-0.3, -0.25) is 4.72 Å². The number of alkyl halides is 3.